The Labute approximate surface area is 130 Å². The minimum absolute atomic E-state index is 0.0427. The summed E-state index contributed by atoms with van der Waals surface area (Å²) in [7, 11) is 1.64. The first-order valence-electron chi connectivity index (χ1n) is 7.37. The quantitative estimate of drug-likeness (QED) is 0.923. The minimum atomic E-state index is 0.0427. The second-order valence-corrected chi connectivity index (χ2v) is 5.37. The lowest BCUT2D eigenvalue weighted by Crippen LogP contribution is -2.25. The molecule has 0 radical (unpaired) electrons. The predicted molar refractivity (Wildman–Crippen MR) is 84.1 cm³/mol. The summed E-state index contributed by atoms with van der Waals surface area (Å²) in [4.78, 5) is 12.1. The van der Waals surface area contributed by atoms with Crippen molar-refractivity contribution >= 4 is 5.91 Å². The lowest BCUT2D eigenvalue weighted by molar-refractivity contribution is -0.121. The van der Waals surface area contributed by atoms with Crippen LogP contribution < -0.4 is 14.8 Å². The number of amides is 1. The summed E-state index contributed by atoms with van der Waals surface area (Å²) < 4.78 is 10.7. The topological polar surface area (TPSA) is 47.6 Å². The number of benzene rings is 2. The van der Waals surface area contributed by atoms with Crippen LogP contribution in [0.2, 0.25) is 0 Å². The van der Waals surface area contributed by atoms with Crippen molar-refractivity contribution in [3.8, 4) is 11.5 Å². The molecule has 4 heteroatoms. The normalized spacial score (nSPS) is 15.8. The highest BCUT2D eigenvalue weighted by Gasteiger charge is 2.25. The maximum atomic E-state index is 12.1. The van der Waals surface area contributed by atoms with Gasteiger partial charge in [0.2, 0.25) is 5.91 Å². The molecule has 4 nitrogen and oxygen atoms in total. The van der Waals surface area contributed by atoms with Crippen molar-refractivity contribution in [1.29, 1.82) is 0 Å². The van der Waals surface area contributed by atoms with E-state index in [1.165, 1.54) is 0 Å². The monoisotopic (exact) mass is 297 g/mol. The third-order valence-electron chi connectivity index (χ3n) is 3.88. The van der Waals surface area contributed by atoms with Gasteiger partial charge in [-0.05, 0) is 23.8 Å². The molecule has 114 valence electrons. The molecule has 0 aliphatic carbocycles. The largest absolute Gasteiger partial charge is 0.497 e. The van der Waals surface area contributed by atoms with Crippen molar-refractivity contribution in [3.63, 3.8) is 0 Å². The van der Waals surface area contributed by atoms with Crippen molar-refractivity contribution < 1.29 is 14.3 Å². The van der Waals surface area contributed by atoms with Gasteiger partial charge in [0.15, 0.2) is 0 Å². The van der Waals surface area contributed by atoms with Crippen molar-refractivity contribution in [1.82, 2.24) is 5.32 Å². The third kappa shape index (κ3) is 3.22. The molecule has 2 aromatic rings. The number of para-hydroxylation sites is 1. The highest BCUT2D eigenvalue weighted by Crippen LogP contribution is 2.35. The van der Waals surface area contributed by atoms with Crippen molar-refractivity contribution in [2.45, 2.75) is 18.9 Å². The summed E-state index contributed by atoms with van der Waals surface area (Å²) in [5.74, 6) is 1.90. The molecule has 0 bridgehead atoms. The Morgan fingerprint density at radius 2 is 2.00 bits per heavy atom. The summed E-state index contributed by atoms with van der Waals surface area (Å²) >= 11 is 0. The van der Waals surface area contributed by atoms with Gasteiger partial charge >= 0.3 is 0 Å². The molecular formula is C18H19NO3. The van der Waals surface area contributed by atoms with Gasteiger partial charge in [-0.15, -0.1) is 0 Å². The van der Waals surface area contributed by atoms with E-state index < -0.39 is 0 Å². The number of hydrogen-bond donors (Lipinski definition) is 1. The van der Waals surface area contributed by atoms with Gasteiger partial charge in [-0.2, -0.15) is 0 Å². The second-order valence-electron chi connectivity index (χ2n) is 5.37. The fourth-order valence-electron chi connectivity index (χ4n) is 2.64. The van der Waals surface area contributed by atoms with Crippen molar-refractivity contribution in [2.24, 2.45) is 0 Å². The van der Waals surface area contributed by atoms with E-state index in [0.717, 1.165) is 22.6 Å². The molecule has 0 fully saturated rings. The van der Waals surface area contributed by atoms with Crippen LogP contribution >= 0.6 is 0 Å². The van der Waals surface area contributed by atoms with E-state index in [0.29, 0.717) is 19.6 Å². The van der Waals surface area contributed by atoms with Gasteiger partial charge in [-0.1, -0.05) is 30.3 Å². The molecule has 0 spiro atoms. The van der Waals surface area contributed by atoms with Crippen LogP contribution in [0, 0.1) is 0 Å². The van der Waals surface area contributed by atoms with Crippen LogP contribution in [0.1, 0.15) is 23.5 Å². The molecule has 22 heavy (non-hydrogen) atoms. The highest BCUT2D eigenvalue weighted by atomic mass is 16.5. The first-order valence-corrected chi connectivity index (χ1v) is 7.37. The smallest absolute Gasteiger partial charge is 0.221 e. The Hall–Kier alpha value is -2.49. The molecule has 0 saturated heterocycles. The summed E-state index contributed by atoms with van der Waals surface area (Å²) in [6, 6.07) is 15.6. The molecule has 1 N–H and O–H groups in total. The second kappa shape index (κ2) is 6.52. The predicted octanol–water partition coefficient (Wildman–Crippen LogP) is 2.88. The zero-order chi connectivity index (χ0) is 15.4. The third-order valence-corrected chi connectivity index (χ3v) is 3.88. The van der Waals surface area contributed by atoms with Crippen molar-refractivity contribution in [3.05, 3.63) is 59.7 Å². The molecule has 1 atom stereocenters. The van der Waals surface area contributed by atoms with Gasteiger partial charge < -0.3 is 14.8 Å². The molecule has 1 unspecified atom stereocenters. The van der Waals surface area contributed by atoms with E-state index in [1.807, 2.05) is 48.5 Å². The van der Waals surface area contributed by atoms with E-state index in [-0.39, 0.29) is 11.8 Å². The lowest BCUT2D eigenvalue weighted by atomic mass is 9.97. The average Bonchev–Trinajstić information content (AvgIpc) is 2.97. The van der Waals surface area contributed by atoms with Crippen molar-refractivity contribution in [2.75, 3.05) is 13.7 Å². The number of nitrogens with one attached hydrogen (secondary N) is 1. The maximum Gasteiger partial charge on any atom is 0.221 e. The molecule has 1 amide bonds. The molecule has 0 saturated carbocycles. The van der Waals surface area contributed by atoms with Gasteiger partial charge in [0.05, 0.1) is 13.7 Å². The maximum absolute atomic E-state index is 12.1. The van der Waals surface area contributed by atoms with E-state index in [9.17, 15) is 4.79 Å². The molecule has 0 aromatic heterocycles. The van der Waals surface area contributed by atoms with Gasteiger partial charge in [-0.25, -0.2) is 0 Å². The Balaban J connectivity index is 1.53. The molecule has 3 rings (SSSR count). The minimum Gasteiger partial charge on any atom is -0.497 e. The van der Waals surface area contributed by atoms with Crippen LogP contribution in [0.4, 0.5) is 0 Å². The first kappa shape index (κ1) is 14.4. The van der Waals surface area contributed by atoms with E-state index in [1.54, 1.807) is 7.11 Å². The van der Waals surface area contributed by atoms with Crippen LogP contribution in [0.15, 0.2) is 48.5 Å². The Morgan fingerprint density at radius 1 is 1.23 bits per heavy atom. The van der Waals surface area contributed by atoms with Gasteiger partial charge in [0.25, 0.3) is 0 Å². The van der Waals surface area contributed by atoms with E-state index >= 15 is 0 Å². The zero-order valence-electron chi connectivity index (χ0n) is 12.5. The Morgan fingerprint density at radius 3 is 2.77 bits per heavy atom. The van der Waals surface area contributed by atoms with Crippen LogP contribution in [0.25, 0.3) is 0 Å². The van der Waals surface area contributed by atoms with E-state index in [2.05, 4.69) is 5.32 Å². The van der Waals surface area contributed by atoms with Gasteiger partial charge in [0.1, 0.15) is 11.5 Å². The van der Waals surface area contributed by atoms with Crippen LogP contribution in [-0.4, -0.2) is 19.6 Å². The summed E-state index contributed by atoms with van der Waals surface area (Å²) in [5.41, 5.74) is 2.18. The van der Waals surface area contributed by atoms with Crippen LogP contribution in [0.3, 0.4) is 0 Å². The number of rotatable bonds is 5. The molecular weight excluding hydrogens is 278 g/mol. The lowest BCUT2D eigenvalue weighted by Gasteiger charge is -2.10. The number of carbonyl (C=O) groups is 1. The summed E-state index contributed by atoms with van der Waals surface area (Å²) in [5, 5.41) is 2.96. The zero-order valence-corrected chi connectivity index (χ0v) is 12.5. The molecule has 1 heterocycles. The Bertz CT molecular complexity index is 652. The summed E-state index contributed by atoms with van der Waals surface area (Å²) in [6.45, 7) is 1.10. The average molecular weight is 297 g/mol. The highest BCUT2D eigenvalue weighted by molar-refractivity contribution is 5.77. The molecule has 2 aromatic carbocycles. The fraction of sp³-hybridized carbons (Fsp3) is 0.278. The number of hydrogen-bond acceptors (Lipinski definition) is 3. The summed E-state index contributed by atoms with van der Waals surface area (Å²) in [6.07, 6.45) is 0.452. The van der Waals surface area contributed by atoms with Crippen LogP contribution in [0.5, 0.6) is 11.5 Å². The SMILES string of the molecule is COc1ccc(CNC(=O)CC2COc3ccccc32)cc1. The number of ether oxygens (including phenoxy) is 2. The Kier molecular flexibility index (Phi) is 4.28. The van der Waals surface area contributed by atoms with E-state index in [4.69, 9.17) is 9.47 Å². The number of fused-ring (bicyclic) bond motifs is 1. The first-order chi connectivity index (χ1) is 10.8. The standard InChI is InChI=1S/C18H19NO3/c1-21-15-8-6-13(7-9-15)11-19-18(20)10-14-12-22-17-5-3-2-4-16(14)17/h2-9,14H,10-12H2,1H3,(H,19,20). The van der Waals surface area contributed by atoms with Gasteiger partial charge in [0, 0.05) is 24.4 Å². The fourth-order valence-corrected chi connectivity index (χ4v) is 2.64. The molecule has 1 aliphatic heterocycles. The van der Waals surface area contributed by atoms with Gasteiger partial charge in [-0.3, -0.25) is 4.79 Å². The van der Waals surface area contributed by atoms with Crippen LogP contribution in [-0.2, 0) is 11.3 Å². The number of carbonyl (C=O) groups excluding carboxylic acids is 1. The number of methoxy groups -OCH3 is 1. The molecule has 1 aliphatic rings.